The van der Waals surface area contributed by atoms with E-state index in [0.29, 0.717) is 6.54 Å². The zero-order valence-electron chi connectivity index (χ0n) is 15.7. The monoisotopic (exact) mass is 354 g/mol. The SMILES string of the molecule is CC(C)(C)OC(=O)N1CCCC=C1c1ccc2c(c1)CC1(CC1)C(=O)N2. The van der Waals surface area contributed by atoms with E-state index in [9.17, 15) is 9.59 Å². The lowest BCUT2D eigenvalue weighted by atomic mass is 9.89. The van der Waals surface area contributed by atoms with Crippen molar-refractivity contribution >= 4 is 23.4 Å². The van der Waals surface area contributed by atoms with Gasteiger partial charge in [-0.3, -0.25) is 9.69 Å². The molecule has 2 aliphatic heterocycles. The molecule has 2 heterocycles. The standard InChI is InChI=1S/C21H26N2O3/c1-20(2,3)26-19(25)23-11-5-4-6-17(23)14-7-8-16-15(12-14)13-21(9-10-21)18(24)22-16/h6-8,12H,4-5,9-11,13H2,1-3H3,(H,22,24). The summed E-state index contributed by atoms with van der Waals surface area (Å²) in [5.41, 5.74) is 3.29. The van der Waals surface area contributed by atoms with Crippen molar-refractivity contribution in [3.05, 3.63) is 35.4 Å². The van der Waals surface area contributed by atoms with Crippen LogP contribution in [0.3, 0.4) is 0 Å². The molecule has 26 heavy (non-hydrogen) atoms. The van der Waals surface area contributed by atoms with Gasteiger partial charge in [-0.05, 0) is 76.1 Å². The minimum absolute atomic E-state index is 0.157. The predicted octanol–water partition coefficient (Wildman–Crippen LogP) is 4.33. The molecule has 0 unspecified atom stereocenters. The minimum Gasteiger partial charge on any atom is -0.443 e. The van der Waals surface area contributed by atoms with Crippen LogP contribution in [-0.4, -0.2) is 29.0 Å². The van der Waals surface area contributed by atoms with Crippen molar-refractivity contribution in [2.24, 2.45) is 5.41 Å². The molecule has 0 radical (unpaired) electrons. The second-order valence-electron chi connectivity index (χ2n) is 8.65. The van der Waals surface area contributed by atoms with Gasteiger partial charge in [0.1, 0.15) is 5.60 Å². The first kappa shape index (κ1) is 17.1. The zero-order valence-corrected chi connectivity index (χ0v) is 15.7. The van der Waals surface area contributed by atoms with Crippen LogP contribution in [0, 0.1) is 5.41 Å². The average molecular weight is 354 g/mol. The maximum absolute atomic E-state index is 12.6. The lowest BCUT2D eigenvalue weighted by Crippen LogP contribution is -2.37. The van der Waals surface area contributed by atoms with Crippen molar-refractivity contribution in [1.29, 1.82) is 0 Å². The number of benzene rings is 1. The van der Waals surface area contributed by atoms with Crippen molar-refractivity contribution in [2.75, 3.05) is 11.9 Å². The third kappa shape index (κ3) is 3.11. The fourth-order valence-corrected chi connectivity index (χ4v) is 3.77. The highest BCUT2D eigenvalue weighted by molar-refractivity contribution is 6.00. The van der Waals surface area contributed by atoms with Crippen LogP contribution in [0.1, 0.15) is 57.6 Å². The Bertz CT molecular complexity index is 800. The number of rotatable bonds is 1. The van der Waals surface area contributed by atoms with E-state index in [1.807, 2.05) is 32.9 Å². The van der Waals surface area contributed by atoms with E-state index in [1.165, 1.54) is 0 Å². The van der Waals surface area contributed by atoms with Gasteiger partial charge in [0.15, 0.2) is 0 Å². The molecule has 2 amide bonds. The van der Waals surface area contributed by atoms with Crippen LogP contribution in [0.5, 0.6) is 0 Å². The maximum Gasteiger partial charge on any atom is 0.414 e. The Kier molecular flexibility index (Phi) is 3.86. The van der Waals surface area contributed by atoms with Crippen LogP contribution < -0.4 is 5.32 Å². The quantitative estimate of drug-likeness (QED) is 0.816. The highest BCUT2D eigenvalue weighted by Crippen LogP contribution is 2.52. The van der Waals surface area contributed by atoms with Gasteiger partial charge in [-0.25, -0.2) is 4.79 Å². The van der Waals surface area contributed by atoms with E-state index in [4.69, 9.17) is 4.74 Å². The Labute approximate surface area is 154 Å². The normalized spacial score (nSPS) is 21.0. The molecule has 1 aromatic rings. The van der Waals surface area contributed by atoms with Crippen LogP contribution in [0.2, 0.25) is 0 Å². The smallest absolute Gasteiger partial charge is 0.414 e. The van der Waals surface area contributed by atoms with Crippen LogP contribution in [0.15, 0.2) is 24.3 Å². The van der Waals surface area contributed by atoms with Gasteiger partial charge >= 0.3 is 6.09 Å². The number of carbonyl (C=O) groups is 2. The van der Waals surface area contributed by atoms with E-state index in [2.05, 4.69) is 17.5 Å². The third-order valence-electron chi connectivity index (χ3n) is 5.34. The Morgan fingerprint density at radius 2 is 2.04 bits per heavy atom. The van der Waals surface area contributed by atoms with E-state index in [0.717, 1.165) is 54.6 Å². The molecule has 3 aliphatic rings. The van der Waals surface area contributed by atoms with Crippen molar-refractivity contribution in [3.63, 3.8) is 0 Å². The van der Waals surface area contributed by atoms with Gasteiger partial charge in [0.2, 0.25) is 5.91 Å². The van der Waals surface area contributed by atoms with Gasteiger partial charge in [0, 0.05) is 12.2 Å². The number of ether oxygens (including phenoxy) is 1. The molecule has 0 bridgehead atoms. The zero-order chi connectivity index (χ0) is 18.5. The Morgan fingerprint density at radius 1 is 1.27 bits per heavy atom. The Morgan fingerprint density at radius 3 is 2.73 bits per heavy atom. The molecule has 5 heteroatoms. The van der Waals surface area contributed by atoms with E-state index < -0.39 is 5.60 Å². The summed E-state index contributed by atoms with van der Waals surface area (Å²) in [6, 6.07) is 6.07. The fraction of sp³-hybridized carbons (Fsp3) is 0.524. The molecule has 5 nitrogen and oxygen atoms in total. The summed E-state index contributed by atoms with van der Waals surface area (Å²) in [6.07, 6.45) is 6.43. The topological polar surface area (TPSA) is 58.6 Å². The molecule has 1 aliphatic carbocycles. The van der Waals surface area contributed by atoms with Crippen molar-refractivity contribution in [1.82, 2.24) is 4.90 Å². The largest absolute Gasteiger partial charge is 0.443 e. The second kappa shape index (κ2) is 5.86. The molecular formula is C21H26N2O3. The van der Waals surface area contributed by atoms with E-state index in [1.54, 1.807) is 4.90 Å². The van der Waals surface area contributed by atoms with Gasteiger partial charge in [-0.15, -0.1) is 0 Å². The highest BCUT2D eigenvalue weighted by Gasteiger charge is 2.52. The van der Waals surface area contributed by atoms with E-state index >= 15 is 0 Å². The summed E-state index contributed by atoms with van der Waals surface area (Å²) in [7, 11) is 0. The van der Waals surface area contributed by atoms with Gasteiger partial charge in [0.05, 0.1) is 11.1 Å². The summed E-state index contributed by atoms with van der Waals surface area (Å²) in [4.78, 5) is 26.6. The molecule has 138 valence electrons. The number of fused-ring (bicyclic) bond motifs is 1. The Hall–Kier alpha value is -2.30. The predicted molar refractivity (Wildman–Crippen MR) is 101 cm³/mol. The van der Waals surface area contributed by atoms with Crippen molar-refractivity contribution < 1.29 is 14.3 Å². The van der Waals surface area contributed by atoms with Crippen molar-refractivity contribution in [2.45, 2.75) is 58.5 Å². The molecular weight excluding hydrogens is 328 g/mol. The number of amides is 2. The lowest BCUT2D eigenvalue weighted by Gasteiger charge is -2.32. The van der Waals surface area contributed by atoms with Crippen LogP contribution in [0.4, 0.5) is 10.5 Å². The summed E-state index contributed by atoms with van der Waals surface area (Å²) in [5, 5.41) is 3.04. The molecule has 0 atom stereocenters. The Balaban J connectivity index is 1.63. The minimum atomic E-state index is -0.516. The molecule has 1 fully saturated rings. The van der Waals surface area contributed by atoms with Crippen LogP contribution >= 0.6 is 0 Å². The van der Waals surface area contributed by atoms with Crippen LogP contribution in [-0.2, 0) is 16.0 Å². The summed E-state index contributed by atoms with van der Waals surface area (Å²) in [5.74, 6) is 0.157. The second-order valence-corrected chi connectivity index (χ2v) is 8.65. The lowest BCUT2D eigenvalue weighted by molar-refractivity contribution is -0.121. The van der Waals surface area contributed by atoms with Gasteiger partial charge in [-0.2, -0.15) is 0 Å². The summed E-state index contributed by atoms with van der Waals surface area (Å²) >= 11 is 0. The first-order valence-corrected chi connectivity index (χ1v) is 9.43. The molecule has 4 rings (SSSR count). The molecule has 0 saturated heterocycles. The highest BCUT2D eigenvalue weighted by atomic mass is 16.6. The summed E-state index contributed by atoms with van der Waals surface area (Å²) < 4.78 is 5.59. The number of anilines is 1. The number of nitrogens with one attached hydrogen (secondary N) is 1. The third-order valence-corrected chi connectivity index (χ3v) is 5.34. The number of carbonyl (C=O) groups excluding carboxylic acids is 2. The maximum atomic E-state index is 12.6. The molecule has 0 aromatic heterocycles. The van der Waals surface area contributed by atoms with Gasteiger partial charge in [-0.1, -0.05) is 12.1 Å². The average Bonchev–Trinajstić information content (AvgIpc) is 3.34. The first-order chi connectivity index (χ1) is 12.3. The number of allylic oxidation sites excluding steroid dienone is 1. The van der Waals surface area contributed by atoms with Crippen LogP contribution in [0.25, 0.3) is 5.70 Å². The molecule has 1 aromatic carbocycles. The number of nitrogens with zero attached hydrogens (tertiary/aromatic N) is 1. The number of hydrogen-bond acceptors (Lipinski definition) is 3. The first-order valence-electron chi connectivity index (χ1n) is 9.43. The molecule has 1 saturated carbocycles. The molecule has 1 N–H and O–H groups in total. The molecule has 1 spiro atoms. The number of hydrogen-bond donors (Lipinski definition) is 1. The van der Waals surface area contributed by atoms with Gasteiger partial charge in [0.25, 0.3) is 0 Å². The van der Waals surface area contributed by atoms with Crippen molar-refractivity contribution in [3.8, 4) is 0 Å². The van der Waals surface area contributed by atoms with E-state index in [-0.39, 0.29) is 17.4 Å². The summed E-state index contributed by atoms with van der Waals surface area (Å²) in [6.45, 7) is 6.32. The van der Waals surface area contributed by atoms with Gasteiger partial charge < -0.3 is 10.1 Å². The fourth-order valence-electron chi connectivity index (χ4n) is 3.77.